The third-order valence-electron chi connectivity index (χ3n) is 1.18. The first-order valence-electron chi connectivity index (χ1n) is 3.35. The van der Waals surface area contributed by atoms with Crippen molar-refractivity contribution in [2.24, 2.45) is 5.41 Å². The normalized spacial score (nSPS) is 10.7. The first kappa shape index (κ1) is 12.7. The zero-order valence-electron chi connectivity index (χ0n) is 6.33. The molecule has 0 spiro atoms. The average molecular weight is 137 g/mol. The van der Waals surface area contributed by atoms with Crippen LogP contribution in [0.5, 0.6) is 0 Å². The summed E-state index contributed by atoms with van der Waals surface area (Å²) in [5.41, 5.74) is 0.512. The van der Waals surface area contributed by atoms with Gasteiger partial charge in [0.1, 0.15) is 0 Å². The summed E-state index contributed by atoms with van der Waals surface area (Å²) in [6, 6.07) is 0. The van der Waals surface area contributed by atoms with Crippen LogP contribution < -0.4 is 0 Å². The molecule has 0 heterocycles. The van der Waals surface area contributed by atoms with Gasteiger partial charge >= 0.3 is 29.6 Å². The van der Waals surface area contributed by atoms with Crippen LogP contribution in [0.25, 0.3) is 0 Å². The Labute approximate surface area is 81.7 Å². The van der Waals surface area contributed by atoms with Crippen LogP contribution in [0.1, 0.15) is 40.0 Å². The fourth-order valence-corrected chi connectivity index (χ4v) is 0.655. The van der Waals surface area contributed by atoms with Crippen molar-refractivity contribution in [3.05, 3.63) is 6.92 Å². The van der Waals surface area contributed by atoms with Crippen molar-refractivity contribution in [1.29, 1.82) is 0 Å². The van der Waals surface area contributed by atoms with Gasteiger partial charge in [-0.2, -0.15) is 0 Å². The number of hydrogen-bond donors (Lipinski definition) is 0. The van der Waals surface area contributed by atoms with E-state index in [2.05, 4.69) is 27.7 Å². The van der Waals surface area contributed by atoms with Gasteiger partial charge in [0.2, 0.25) is 0 Å². The van der Waals surface area contributed by atoms with Crippen LogP contribution >= 0.6 is 0 Å². The minimum absolute atomic E-state index is 0. The molecular formula is C8H18Na. The van der Waals surface area contributed by atoms with E-state index in [0.29, 0.717) is 5.41 Å². The maximum atomic E-state index is 3.79. The predicted octanol–water partition coefficient (Wildman–Crippen LogP) is 2.39. The average Bonchev–Trinajstić information content (AvgIpc) is 1.59. The molecule has 0 rings (SSSR count). The molecule has 1 radical (unpaired) electrons. The molecule has 9 heavy (non-hydrogen) atoms. The van der Waals surface area contributed by atoms with Gasteiger partial charge in [0.05, 0.1) is 0 Å². The molecule has 0 atom stereocenters. The second kappa shape index (κ2) is 5.76. The summed E-state index contributed by atoms with van der Waals surface area (Å²) >= 11 is 0. The zero-order chi connectivity index (χ0) is 6.62. The monoisotopic (exact) mass is 137 g/mol. The van der Waals surface area contributed by atoms with Crippen LogP contribution in [-0.2, 0) is 0 Å². The van der Waals surface area contributed by atoms with E-state index in [-0.39, 0.29) is 29.6 Å². The van der Waals surface area contributed by atoms with Crippen molar-refractivity contribution in [2.45, 2.75) is 40.0 Å². The molecule has 0 fully saturated rings. The van der Waals surface area contributed by atoms with E-state index in [1.807, 2.05) is 0 Å². The summed E-state index contributed by atoms with van der Waals surface area (Å²) in [5.74, 6) is 0. The minimum atomic E-state index is 0. The molecule has 0 aromatic heterocycles. The number of unbranched alkanes of at least 4 members (excludes halogenated alkanes) is 1. The molecule has 0 unspecified atom stereocenters. The second-order valence-corrected chi connectivity index (χ2v) is 3.52. The van der Waals surface area contributed by atoms with Gasteiger partial charge in [0.25, 0.3) is 0 Å². The summed E-state index contributed by atoms with van der Waals surface area (Å²) < 4.78 is 0. The van der Waals surface area contributed by atoms with Crippen molar-refractivity contribution >= 4 is 29.6 Å². The van der Waals surface area contributed by atoms with Crippen LogP contribution in [0.3, 0.4) is 0 Å². The van der Waals surface area contributed by atoms with E-state index in [9.17, 15) is 0 Å². The van der Waals surface area contributed by atoms with Crippen LogP contribution in [0.15, 0.2) is 0 Å². The first-order chi connectivity index (χ1) is 3.56. The van der Waals surface area contributed by atoms with Crippen molar-refractivity contribution in [3.8, 4) is 0 Å². The van der Waals surface area contributed by atoms with E-state index in [1.165, 1.54) is 12.8 Å². The Morgan fingerprint density at radius 3 is 1.78 bits per heavy atom. The summed E-state index contributed by atoms with van der Waals surface area (Å²) in [7, 11) is 0. The summed E-state index contributed by atoms with van der Waals surface area (Å²) in [6.45, 7) is 10.6. The molecule has 0 aliphatic carbocycles. The molecule has 0 bridgehead atoms. The van der Waals surface area contributed by atoms with E-state index >= 15 is 0 Å². The maximum absolute atomic E-state index is 3.79. The third kappa shape index (κ3) is 12.2. The molecule has 0 N–H and O–H groups in total. The number of hydrogen-bond acceptors (Lipinski definition) is 0. The van der Waals surface area contributed by atoms with Crippen LogP contribution in [0.2, 0.25) is 0 Å². The molecule has 0 saturated carbocycles. The van der Waals surface area contributed by atoms with E-state index < -0.39 is 0 Å². The second-order valence-electron chi connectivity index (χ2n) is 3.52. The van der Waals surface area contributed by atoms with Gasteiger partial charge in [-0.3, -0.25) is 0 Å². The van der Waals surface area contributed by atoms with Gasteiger partial charge in [-0.25, -0.2) is 0 Å². The molecule has 0 aliphatic rings. The van der Waals surface area contributed by atoms with Crippen molar-refractivity contribution in [1.82, 2.24) is 0 Å². The third-order valence-corrected chi connectivity index (χ3v) is 1.18. The summed E-state index contributed by atoms with van der Waals surface area (Å²) in [6.07, 6.45) is 3.65. The van der Waals surface area contributed by atoms with Gasteiger partial charge in [-0.05, 0) is 11.8 Å². The van der Waals surface area contributed by atoms with Gasteiger partial charge in [-0.15, -0.1) is 0 Å². The van der Waals surface area contributed by atoms with Crippen molar-refractivity contribution in [3.63, 3.8) is 0 Å². The Morgan fingerprint density at radius 2 is 1.67 bits per heavy atom. The van der Waals surface area contributed by atoms with Crippen LogP contribution in [-0.4, -0.2) is 29.6 Å². The van der Waals surface area contributed by atoms with Gasteiger partial charge in [0, 0.05) is 0 Å². The molecule has 51 valence electrons. The molecule has 0 aromatic rings. The fraction of sp³-hybridized carbons (Fsp3) is 0.875. The molecule has 0 amide bonds. The summed E-state index contributed by atoms with van der Waals surface area (Å²) in [4.78, 5) is 0. The quantitative estimate of drug-likeness (QED) is 0.513. The topological polar surface area (TPSA) is 0 Å². The molecular weight excluding hydrogens is 119 g/mol. The summed E-state index contributed by atoms with van der Waals surface area (Å²) in [5, 5.41) is 0. The SMILES string of the molecule is [CH2]CCCC(C)(C)C.[NaH]. The van der Waals surface area contributed by atoms with Gasteiger partial charge in [-0.1, -0.05) is 40.5 Å². The molecule has 0 saturated heterocycles. The van der Waals surface area contributed by atoms with Crippen molar-refractivity contribution < 1.29 is 0 Å². The molecule has 0 aliphatic heterocycles. The Balaban J connectivity index is 0. The van der Waals surface area contributed by atoms with E-state index in [4.69, 9.17) is 0 Å². The molecule has 0 nitrogen and oxygen atoms in total. The fourth-order valence-electron chi connectivity index (χ4n) is 0.655. The molecule has 1 heteroatoms. The number of rotatable bonds is 2. The zero-order valence-corrected chi connectivity index (χ0v) is 6.33. The Kier molecular flexibility index (Phi) is 8.10. The predicted molar refractivity (Wildman–Crippen MR) is 45.8 cm³/mol. The first-order valence-corrected chi connectivity index (χ1v) is 3.35. The van der Waals surface area contributed by atoms with Gasteiger partial charge < -0.3 is 0 Å². The Bertz CT molecular complexity index is 52.1. The van der Waals surface area contributed by atoms with Gasteiger partial charge in [0.15, 0.2) is 0 Å². The Morgan fingerprint density at radius 1 is 1.22 bits per heavy atom. The Hall–Kier alpha value is 1.00. The van der Waals surface area contributed by atoms with Crippen LogP contribution in [0, 0.1) is 12.3 Å². The standard InChI is InChI=1S/C8H17.Na.H/c1-5-6-7-8(2,3)4;;/h1,5-7H2,2-4H3;;. The molecule has 0 aromatic carbocycles. The van der Waals surface area contributed by atoms with E-state index in [0.717, 1.165) is 6.42 Å². The van der Waals surface area contributed by atoms with Crippen molar-refractivity contribution in [2.75, 3.05) is 0 Å². The van der Waals surface area contributed by atoms with Crippen LogP contribution in [0.4, 0.5) is 0 Å². The van der Waals surface area contributed by atoms with E-state index in [1.54, 1.807) is 0 Å².